The van der Waals surface area contributed by atoms with E-state index in [1.807, 2.05) is 26.1 Å². The number of hydrogen-bond donors (Lipinski definition) is 2. The van der Waals surface area contributed by atoms with Crippen molar-refractivity contribution in [1.29, 1.82) is 0 Å². The molecule has 2 heterocycles. The van der Waals surface area contributed by atoms with Crippen LogP contribution in [-0.4, -0.2) is 34.3 Å². The van der Waals surface area contributed by atoms with Gasteiger partial charge in [-0.1, -0.05) is 0 Å². The second kappa shape index (κ2) is 6.91. The van der Waals surface area contributed by atoms with Crippen LogP contribution in [0.25, 0.3) is 5.65 Å². The molecule has 0 unspecified atom stereocenters. The monoisotopic (exact) mass is 366 g/mol. The summed E-state index contributed by atoms with van der Waals surface area (Å²) in [5.74, 6) is -0.227. The highest BCUT2D eigenvalue weighted by molar-refractivity contribution is 9.10. The fraction of sp³-hybridized carbons (Fsp3) is 0.400. The molecule has 0 saturated carbocycles. The summed E-state index contributed by atoms with van der Waals surface area (Å²) in [4.78, 5) is 27.6. The molecule has 2 aromatic heterocycles. The van der Waals surface area contributed by atoms with Crippen LogP contribution < -0.4 is 10.6 Å². The van der Waals surface area contributed by atoms with Gasteiger partial charge in [-0.25, -0.2) is 4.98 Å². The Bertz CT molecular complexity index is 724. The predicted molar refractivity (Wildman–Crippen MR) is 88.0 cm³/mol. The highest BCUT2D eigenvalue weighted by Crippen LogP contribution is 2.20. The lowest BCUT2D eigenvalue weighted by atomic mass is 10.3. The number of amides is 2. The zero-order valence-electron chi connectivity index (χ0n) is 12.9. The van der Waals surface area contributed by atoms with Gasteiger partial charge in [0.2, 0.25) is 5.91 Å². The average Bonchev–Trinajstić information content (AvgIpc) is 2.74. The summed E-state index contributed by atoms with van der Waals surface area (Å²) in [6.07, 6.45) is 2.53. The third-order valence-electron chi connectivity index (χ3n) is 3.27. The number of imidazole rings is 1. The van der Waals surface area contributed by atoms with Gasteiger partial charge in [-0.05, 0) is 47.8 Å². The number of halogens is 1. The molecule has 0 fully saturated rings. The summed E-state index contributed by atoms with van der Waals surface area (Å²) in [6.45, 7) is 6.31. The zero-order valence-corrected chi connectivity index (χ0v) is 14.5. The maximum absolute atomic E-state index is 12.4. The minimum Gasteiger partial charge on any atom is -0.356 e. The SMILES string of the molecule is CC(=O)NCCCNC(=O)c1c(C)nc2c(C)cc(Br)cn12. The van der Waals surface area contributed by atoms with Crippen LogP contribution in [0.2, 0.25) is 0 Å². The fourth-order valence-corrected chi connectivity index (χ4v) is 2.84. The smallest absolute Gasteiger partial charge is 0.270 e. The van der Waals surface area contributed by atoms with Crippen LogP contribution in [-0.2, 0) is 4.79 Å². The van der Waals surface area contributed by atoms with Crippen molar-refractivity contribution in [2.24, 2.45) is 0 Å². The van der Waals surface area contributed by atoms with E-state index in [2.05, 4.69) is 31.5 Å². The second-order valence-corrected chi connectivity index (χ2v) is 6.09. The number of fused-ring (bicyclic) bond motifs is 1. The number of carbonyl (C=O) groups is 2. The summed E-state index contributed by atoms with van der Waals surface area (Å²) in [5, 5.41) is 5.56. The topological polar surface area (TPSA) is 75.5 Å². The van der Waals surface area contributed by atoms with Gasteiger partial charge < -0.3 is 10.6 Å². The highest BCUT2D eigenvalue weighted by atomic mass is 79.9. The molecule has 0 aliphatic carbocycles. The van der Waals surface area contributed by atoms with E-state index in [9.17, 15) is 9.59 Å². The van der Waals surface area contributed by atoms with Crippen molar-refractivity contribution in [2.75, 3.05) is 13.1 Å². The second-order valence-electron chi connectivity index (χ2n) is 5.17. The number of aryl methyl sites for hydroxylation is 2. The third kappa shape index (κ3) is 3.65. The standard InChI is InChI=1S/C15H19BrN4O2/c1-9-7-12(16)8-20-13(10(2)19-14(9)20)15(22)18-6-4-5-17-11(3)21/h7-8H,4-6H2,1-3H3,(H,17,21)(H,18,22). The first-order chi connectivity index (χ1) is 10.4. The third-order valence-corrected chi connectivity index (χ3v) is 3.71. The Morgan fingerprint density at radius 3 is 2.64 bits per heavy atom. The summed E-state index contributed by atoms with van der Waals surface area (Å²) < 4.78 is 2.70. The molecule has 0 aliphatic rings. The van der Waals surface area contributed by atoms with Gasteiger partial charge in [-0.3, -0.25) is 14.0 Å². The minimum atomic E-state index is -0.162. The Morgan fingerprint density at radius 1 is 1.27 bits per heavy atom. The molecule has 0 saturated heterocycles. The zero-order chi connectivity index (χ0) is 16.3. The normalized spacial score (nSPS) is 10.7. The number of carbonyl (C=O) groups excluding carboxylic acids is 2. The van der Waals surface area contributed by atoms with Crippen LogP contribution in [0.4, 0.5) is 0 Å². The van der Waals surface area contributed by atoms with E-state index in [1.165, 1.54) is 6.92 Å². The number of pyridine rings is 1. The first-order valence-electron chi connectivity index (χ1n) is 7.07. The van der Waals surface area contributed by atoms with E-state index in [4.69, 9.17) is 0 Å². The Hall–Kier alpha value is -1.89. The number of hydrogen-bond acceptors (Lipinski definition) is 3. The largest absolute Gasteiger partial charge is 0.356 e. The van der Waals surface area contributed by atoms with Crippen molar-refractivity contribution in [3.05, 3.63) is 33.7 Å². The van der Waals surface area contributed by atoms with Crippen molar-refractivity contribution in [3.63, 3.8) is 0 Å². The molecule has 0 aliphatic heterocycles. The lowest BCUT2D eigenvalue weighted by molar-refractivity contribution is -0.118. The van der Waals surface area contributed by atoms with Crippen molar-refractivity contribution in [3.8, 4) is 0 Å². The first kappa shape index (κ1) is 16.5. The number of aromatic nitrogens is 2. The Morgan fingerprint density at radius 2 is 1.95 bits per heavy atom. The van der Waals surface area contributed by atoms with Gasteiger partial charge in [0, 0.05) is 30.7 Å². The molecule has 2 amide bonds. The van der Waals surface area contributed by atoms with E-state index in [0.717, 1.165) is 15.7 Å². The van der Waals surface area contributed by atoms with E-state index < -0.39 is 0 Å². The maximum Gasteiger partial charge on any atom is 0.270 e. The van der Waals surface area contributed by atoms with E-state index >= 15 is 0 Å². The summed E-state index contributed by atoms with van der Waals surface area (Å²) >= 11 is 3.44. The van der Waals surface area contributed by atoms with Crippen molar-refractivity contribution < 1.29 is 9.59 Å². The molecule has 0 bridgehead atoms. The van der Waals surface area contributed by atoms with Gasteiger partial charge in [-0.15, -0.1) is 0 Å². The Kier molecular flexibility index (Phi) is 5.18. The number of rotatable bonds is 5. The molecule has 2 N–H and O–H groups in total. The van der Waals surface area contributed by atoms with Gasteiger partial charge in [-0.2, -0.15) is 0 Å². The van der Waals surface area contributed by atoms with Gasteiger partial charge in [0.1, 0.15) is 11.3 Å². The first-order valence-corrected chi connectivity index (χ1v) is 7.87. The van der Waals surface area contributed by atoms with Crippen LogP contribution in [0.5, 0.6) is 0 Å². The molecule has 22 heavy (non-hydrogen) atoms. The van der Waals surface area contributed by atoms with E-state index in [-0.39, 0.29) is 11.8 Å². The average molecular weight is 367 g/mol. The van der Waals surface area contributed by atoms with Crippen molar-refractivity contribution >= 4 is 33.4 Å². The van der Waals surface area contributed by atoms with Crippen LogP contribution in [0.3, 0.4) is 0 Å². The Labute approximate surface area is 137 Å². The van der Waals surface area contributed by atoms with Crippen LogP contribution >= 0.6 is 15.9 Å². The molecular weight excluding hydrogens is 348 g/mol. The lowest BCUT2D eigenvalue weighted by Crippen LogP contribution is -2.29. The van der Waals surface area contributed by atoms with Gasteiger partial charge in [0.15, 0.2) is 0 Å². The maximum atomic E-state index is 12.4. The predicted octanol–water partition coefficient (Wildman–Crippen LogP) is 1.97. The molecule has 2 aromatic rings. The molecule has 2 rings (SSSR count). The molecular formula is C15H19BrN4O2. The fourth-order valence-electron chi connectivity index (χ4n) is 2.29. The molecule has 0 spiro atoms. The molecule has 0 aromatic carbocycles. The number of nitrogens with zero attached hydrogens (tertiary/aromatic N) is 2. The van der Waals surface area contributed by atoms with E-state index in [1.54, 1.807) is 4.40 Å². The highest BCUT2D eigenvalue weighted by Gasteiger charge is 2.17. The molecule has 7 heteroatoms. The van der Waals surface area contributed by atoms with Gasteiger partial charge >= 0.3 is 0 Å². The lowest BCUT2D eigenvalue weighted by Gasteiger charge is -2.07. The van der Waals surface area contributed by atoms with Crippen molar-refractivity contribution in [1.82, 2.24) is 20.0 Å². The van der Waals surface area contributed by atoms with Crippen LogP contribution in [0.15, 0.2) is 16.7 Å². The van der Waals surface area contributed by atoms with Crippen LogP contribution in [0, 0.1) is 13.8 Å². The molecule has 0 radical (unpaired) electrons. The van der Waals surface area contributed by atoms with Gasteiger partial charge in [0.05, 0.1) is 5.69 Å². The Balaban J connectivity index is 2.11. The number of nitrogens with one attached hydrogen (secondary N) is 2. The van der Waals surface area contributed by atoms with E-state index in [0.29, 0.717) is 30.9 Å². The molecule has 0 atom stereocenters. The van der Waals surface area contributed by atoms with Crippen LogP contribution in [0.1, 0.15) is 35.1 Å². The minimum absolute atomic E-state index is 0.0655. The van der Waals surface area contributed by atoms with Crippen molar-refractivity contribution in [2.45, 2.75) is 27.2 Å². The summed E-state index contributed by atoms with van der Waals surface area (Å²) in [5.41, 5.74) is 3.02. The summed E-state index contributed by atoms with van der Waals surface area (Å²) in [6, 6.07) is 1.97. The molecule has 118 valence electrons. The molecule has 6 nitrogen and oxygen atoms in total. The van der Waals surface area contributed by atoms with Gasteiger partial charge in [0.25, 0.3) is 5.91 Å². The quantitative estimate of drug-likeness (QED) is 0.794. The summed E-state index contributed by atoms with van der Waals surface area (Å²) in [7, 11) is 0.